The number of anilines is 2. The molecule has 0 saturated heterocycles. The molecule has 0 aliphatic rings. The van der Waals surface area contributed by atoms with Crippen LogP contribution in [-0.2, 0) is 0 Å². The number of fused-ring (bicyclic) bond motifs is 1. The lowest BCUT2D eigenvalue weighted by molar-refractivity contribution is 0.101. The van der Waals surface area contributed by atoms with Crippen LogP contribution < -0.4 is 10.6 Å². The van der Waals surface area contributed by atoms with Crippen molar-refractivity contribution in [2.75, 3.05) is 10.6 Å². The maximum atomic E-state index is 12.9. The van der Waals surface area contributed by atoms with Gasteiger partial charge in [0.2, 0.25) is 5.82 Å². The zero-order chi connectivity index (χ0) is 21.1. The first kappa shape index (κ1) is 18.9. The van der Waals surface area contributed by atoms with E-state index in [1.807, 2.05) is 31.2 Å². The smallest absolute Gasteiger partial charge is 0.292 e. The van der Waals surface area contributed by atoms with Crippen molar-refractivity contribution in [2.24, 2.45) is 0 Å². The molecule has 2 heterocycles. The zero-order valence-corrected chi connectivity index (χ0v) is 16.1. The Morgan fingerprint density at radius 3 is 2.43 bits per heavy atom. The molecule has 146 valence electrons. The molecule has 0 saturated carbocycles. The molecular formula is C23H17N5O2. The van der Waals surface area contributed by atoms with E-state index in [-0.39, 0.29) is 11.5 Å². The number of hydrogen-bond donors (Lipinski definition) is 2. The summed E-state index contributed by atoms with van der Waals surface area (Å²) in [6.45, 7) is 1.94. The molecule has 2 amide bonds. The van der Waals surface area contributed by atoms with Crippen molar-refractivity contribution >= 4 is 28.7 Å². The Balaban J connectivity index is 1.67. The second kappa shape index (κ2) is 7.89. The molecule has 0 bridgehead atoms. The van der Waals surface area contributed by atoms with Gasteiger partial charge in [-0.25, -0.2) is 4.98 Å². The quantitative estimate of drug-likeness (QED) is 0.545. The van der Waals surface area contributed by atoms with Crippen LogP contribution >= 0.6 is 0 Å². The van der Waals surface area contributed by atoms with E-state index in [0.29, 0.717) is 22.5 Å². The normalized spacial score (nSPS) is 10.4. The molecule has 0 fully saturated rings. The number of imidazole rings is 1. The fraction of sp³-hybridized carbons (Fsp3) is 0.0435. The van der Waals surface area contributed by atoms with Crippen molar-refractivity contribution < 1.29 is 9.59 Å². The number of nitrogens with one attached hydrogen (secondary N) is 2. The van der Waals surface area contributed by atoms with Crippen molar-refractivity contribution in [3.05, 3.63) is 95.6 Å². The average Bonchev–Trinajstić information content (AvgIpc) is 3.14. The summed E-state index contributed by atoms with van der Waals surface area (Å²) in [6.07, 6.45) is 1.67. The average molecular weight is 395 g/mol. The molecule has 0 aliphatic heterocycles. The third-order valence-corrected chi connectivity index (χ3v) is 4.49. The molecule has 2 aromatic carbocycles. The maximum absolute atomic E-state index is 12.9. The molecule has 0 radical (unpaired) electrons. The van der Waals surface area contributed by atoms with E-state index in [1.165, 1.54) is 0 Å². The number of carbonyl (C=O) groups excluding carboxylic acids is 2. The number of aryl methyl sites for hydroxylation is 1. The highest BCUT2D eigenvalue weighted by molar-refractivity contribution is 6.10. The topological polar surface area (TPSA) is 99.3 Å². The van der Waals surface area contributed by atoms with E-state index < -0.39 is 11.8 Å². The van der Waals surface area contributed by atoms with Gasteiger partial charge in [-0.3, -0.25) is 14.0 Å². The van der Waals surface area contributed by atoms with E-state index in [1.54, 1.807) is 59.1 Å². The number of carbonyl (C=O) groups is 2. The Hall–Kier alpha value is -4.44. The van der Waals surface area contributed by atoms with Gasteiger partial charge in [-0.2, -0.15) is 5.26 Å². The van der Waals surface area contributed by atoms with Crippen molar-refractivity contribution in [3.63, 3.8) is 0 Å². The van der Waals surface area contributed by atoms with Crippen LogP contribution in [0.15, 0.2) is 72.9 Å². The molecule has 0 spiro atoms. The summed E-state index contributed by atoms with van der Waals surface area (Å²) in [5.74, 6) is -0.821. The summed E-state index contributed by atoms with van der Waals surface area (Å²) in [5.41, 5.74) is 3.22. The van der Waals surface area contributed by atoms with E-state index in [9.17, 15) is 9.59 Å². The van der Waals surface area contributed by atoms with Gasteiger partial charge < -0.3 is 10.6 Å². The third kappa shape index (κ3) is 3.75. The van der Waals surface area contributed by atoms with Gasteiger partial charge in [-0.1, -0.05) is 24.3 Å². The largest absolute Gasteiger partial charge is 0.321 e. The van der Waals surface area contributed by atoms with Gasteiger partial charge in [0.25, 0.3) is 11.8 Å². The summed E-state index contributed by atoms with van der Waals surface area (Å²) in [5, 5.41) is 14.6. The van der Waals surface area contributed by atoms with Crippen LogP contribution in [0.25, 0.3) is 5.52 Å². The first-order valence-electron chi connectivity index (χ1n) is 9.22. The summed E-state index contributed by atoms with van der Waals surface area (Å²) in [4.78, 5) is 30.0. The van der Waals surface area contributed by atoms with Gasteiger partial charge in [0, 0.05) is 17.6 Å². The van der Waals surface area contributed by atoms with Gasteiger partial charge in [0.1, 0.15) is 0 Å². The van der Waals surface area contributed by atoms with Gasteiger partial charge in [-0.05, 0) is 55.0 Å². The second-order valence-electron chi connectivity index (χ2n) is 6.71. The van der Waals surface area contributed by atoms with Gasteiger partial charge in [-0.15, -0.1) is 0 Å². The van der Waals surface area contributed by atoms with Crippen LogP contribution in [-0.4, -0.2) is 21.2 Å². The van der Waals surface area contributed by atoms with Crippen molar-refractivity contribution in [2.45, 2.75) is 6.92 Å². The lowest BCUT2D eigenvalue weighted by atomic mass is 10.2. The van der Waals surface area contributed by atoms with E-state index in [2.05, 4.69) is 15.6 Å². The molecule has 0 atom stereocenters. The minimum Gasteiger partial charge on any atom is -0.321 e. The van der Waals surface area contributed by atoms with Crippen molar-refractivity contribution in [1.29, 1.82) is 5.26 Å². The molecule has 7 heteroatoms. The first-order valence-corrected chi connectivity index (χ1v) is 9.22. The molecule has 7 nitrogen and oxygen atoms in total. The predicted octanol–water partition coefficient (Wildman–Crippen LogP) is 4.02. The highest BCUT2D eigenvalue weighted by Crippen LogP contribution is 2.18. The Morgan fingerprint density at radius 2 is 1.67 bits per heavy atom. The minimum atomic E-state index is -0.485. The Morgan fingerprint density at radius 1 is 0.933 bits per heavy atom. The number of rotatable bonds is 4. The predicted molar refractivity (Wildman–Crippen MR) is 113 cm³/mol. The number of amides is 2. The minimum absolute atomic E-state index is 0.0716. The molecule has 4 aromatic rings. The van der Waals surface area contributed by atoms with Gasteiger partial charge >= 0.3 is 0 Å². The Bertz CT molecular complexity index is 1320. The number of pyridine rings is 1. The Labute approximate surface area is 172 Å². The highest BCUT2D eigenvalue weighted by atomic mass is 16.2. The van der Waals surface area contributed by atoms with Crippen molar-refractivity contribution in [3.8, 4) is 6.07 Å². The fourth-order valence-electron chi connectivity index (χ4n) is 3.13. The summed E-state index contributed by atoms with van der Waals surface area (Å²) in [6, 6.07) is 21.3. The van der Waals surface area contributed by atoms with Crippen LogP contribution in [0.1, 0.15) is 32.2 Å². The fourth-order valence-corrected chi connectivity index (χ4v) is 3.13. The van der Waals surface area contributed by atoms with E-state index >= 15 is 0 Å². The molecular weight excluding hydrogens is 378 g/mol. The van der Waals surface area contributed by atoms with Gasteiger partial charge in [0.05, 0.1) is 17.1 Å². The highest BCUT2D eigenvalue weighted by Gasteiger charge is 2.21. The monoisotopic (exact) mass is 395 g/mol. The standard InChI is InChI=1S/C23H17N5O2/c1-15-6-4-8-17(12-15)25-22(29)20-19-10-2-3-11-28(19)21(27-20)23(30)26-18-9-5-7-16(13-18)14-24/h2-13H,1H3,(H,25,29)(H,26,30). The number of nitriles is 1. The van der Waals surface area contributed by atoms with E-state index in [4.69, 9.17) is 5.26 Å². The summed E-state index contributed by atoms with van der Waals surface area (Å²) >= 11 is 0. The molecule has 4 rings (SSSR count). The van der Waals surface area contributed by atoms with Crippen LogP contribution in [0.5, 0.6) is 0 Å². The lowest BCUT2D eigenvalue weighted by Gasteiger charge is -2.04. The molecule has 2 N–H and O–H groups in total. The SMILES string of the molecule is Cc1cccc(NC(=O)c2nc(C(=O)Nc3cccc(C#N)c3)n3ccccc23)c1. The van der Waals surface area contributed by atoms with Gasteiger partial charge in [0.15, 0.2) is 5.69 Å². The molecule has 2 aromatic heterocycles. The number of nitrogens with zero attached hydrogens (tertiary/aromatic N) is 3. The van der Waals surface area contributed by atoms with Crippen LogP contribution in [0.2, 0.25) is 0 Å². The first-order chi connectivity index (χ1) is 14.5. The van der Waals surface area contributed by atoms with Crippen LogP contribution in [0, 0.1) is 18.3 Å². The number of benzene rings is 2. The Kier molecular flexibility index (Phi) is 4.97. The zero-order valence-electron chi connectivity index (χ0n) is 16.1. The molecule has 30 heavy (non-hydrogen) atoms. The lowest BCUT2D eigenvalue weighted by Crippen LogP contribution is -2.16. The molecule has 0 aliphatic carbocycles. The maximum Gasteiger partial charge on any atom is 0.292 e. The summed E-state index contributed by atoms with van der Waals surface area (Å²) < 4.78 is 1.56. The van der Waals surface area contributed by atoms with Crippen LogP contribution in [0.4, 0.5) is 11.4 Å². The summed E-state index contributed by atoms with van der Waals surface area (Å²) in [7, 11) is 0. The third-order valence-electron chi connectivity index (χ3n) is 4.49. The second-order valence-corrected chi connectivity index (χ2v) is 6.71. The number of hydrogen-bond acceptors (Lipinski definition) is 4. The number of aromatic nitrogens is 2. The van der Waals surface area contributed by atoms with Crippen LogP contribution in [0.3, 0.4) is 0 Å². The van der Waals surface area contributed by atoms with E-state index in [0.717, 1.165) is 5.56 Å². The van der Waals surface area contributed by atoms with Crippen molar-refractivity contribution in [1.82, 2.24) is 9.38 Å². The molecule has 0 unspecified atom stereocenters.